The minimum Gasteiger partial charge on any atom is -0.497 e. The molecule has 1 aromatic heterocycles. The number of amides is 2. The molecule has 0 bridgehead atoms. The third-order valence-electron chi connectivity index (χ3n) is 5.44. The summed E-state index contributed by atoms with van der Waals surface area (Å²) in [5.41, 5.74) is 10.5. The van der Waals surface area contributed by atoms with Gasteiger partial charge in [0, 0.05) is 41.6 Å². The van der Waals surface area contributed by atoms with Crippen molar-refractivity contribution in [3.63, 3.8) is 0 Å². The van der Waals surface area contributed by atoms with Crippen LogP contribution in [-0.4, -0.2) is 34.9 Å². The second-order valence-corrected chi connectivity index (χ2v) is 8.21. The molecule has 30 heavy (non-hydrogen) atoms. The Morgan fingerprint density at radius 2 is 1.93 bits per heavy atom. The van der Waals surface area contributed by atoms with E-state index in [9.17, 15) is 9.59 Å². The largest absolute Gasteiger partial charge is 0.497 e. The third kappa shape index (κ3) is 3.61. The summed E-state index contributed by atoms with van der Waals surface area (Å²) < 4.78 is 7.87. The number of aryl methyl sites for hydroxylation is 1. The zero-order valence-corrected chi connectivity index (χ0v) is 18.4. The average Bonchev–Trinajstić information content (AvgIpc) is 3.07. The number of carbonyl (C=O) groups is 2. The molecule has 0 spiro atoms. The fourth-order valence-electron chi connectivity index (χ4n) is 3.91. The third-order valence-corrected chi connectivity index (χ3v) is 6.10. The second-order valence-electron chi connectivity index (χ2n) is 7.36. The fraction of sp³-hybridized carbons (Fsp3) is 0.217. The number of benzene rings is 2. The summed E-state index contributed by atoms with van der Waals surface area (Å²) in [6, 6.07) is 13.2. The molecule has 0 atom stereocenters. The van der Waals surface area contributed by atoms with Crippen LogP contribution in [0.1, 0.15) is 37.5 Å². The van der Waals surface area contributed by atoms with Crippen LogP contribution in [0.5, 0.6) is 5.75 Å². The number of halogens is 1. The number of rotatable bonds is 5. The number of primary amides is 1. The number of aromatic nitrogens is 1. The molecule has 0 radical (unpaired) electrons. The number of nitrogens with zero attached hydrogens (tertiary/aromatic N) is 2. The molecule has 2 aromatic carbocycles. The fourth-order valence-corrected chi connectivity index (χ4v) is 4.47. The molecule has 4 rings (SSSR count). The van der Waals surface area contributed by atoms with Crippen LogP contribution in [0.3, 0.4) is 0 Å². The number of carbonyl (C=O) groups excluding carboxylic acids is 2. The first kappa shape index (κ1) is 20.2. The molecular formula is C23H22BrN3O3. The van der Waals surface area contributed by atoms with Gasteiger partial charge in [-0.15, -0.1) is 0 Å². The summed E-state index contributed by atoms with van der Waals surface area (Å²) in [5, 5.41) is 0. The van der Waals surface area contributed by atoms with Crippen molar-refractivity contribution in [3.8, 4) is 11.4 Å². The average molecular weight is 468 g/mol. The van der Waals surface area contributed by atoms with Gasteiger partial charge in [-0.25, -0.2) is 0 Å². The van der Waals surface area contributed by atoms with Crippen molar-refractivity contribution in [2.24, 2.45) is 5.73 Å². The molecule has 0 saturated carbocycles. The van der Waals surface area contributed by atoms with Gasteiger partial charge < -0.3 is 19.9 Å². The van der Waals surface area contributed by atoms with Gasteiger partial charge >= 0.3 is 0 Å². The van der Waals surface area contributed by atoms with E-state index in [2.05, 4.69) is 15.9 Å². The number of nitrogens with two attached hydrogens (primary N) is 1. The predicted octanol–water partition coefficient (Wildman–Crippen LogP) is 3.85. The summed E-state index contributed by atoms with van der Waals surface area (Å²) in [6.45, 7) is 3.16. The van der Waals surface area contributed by atoms with Crippen LogP contribution in [0, 0.1) is 6.92 Å². The number of methoxy groups -OCH3 is 1. The van der Waals surface area contributed by atoms with Crippen molar-refractivity contribution in [1.29, 1.82) is 0 Å². The Kier molecular flexibility index (Phi) is 5.39. The van der Waals surface area contributed by atoms with Gasteiger partial charge in [-0.1, -0.05) is 12.1 Å². The molecule has 0 fully saturated rings. The van der Waals surface area contributed by atoms with Crippen molar-refractivity contribution in [1.82, 2.24) is 9.47 Å². The summed E-state index contributed by atoms with van der Waals surface area (Å²) in [4.78, 5) is 26.6. The Balaban J connectivity index is 1.63. The number of fused-ring (bicyclic) bond motifs is 1. The lowest BCUT2D eigenvalue weighted by Crippen LogP contribution is -2.37. The first-order valence-electron chi connectivity index (χ1n) is 9.61. The Hall–Kier alpha value is -3.06. The van der Waals surface area contributed by atoms with E-state index < -0.39 is 5.91 Å². The van der Waals surface area contributed by atoms with Gasteiger partial charge in [-0.3, -0.25) is 9.59 Å². The highest BCUT2D eigenvalue weighted by Crippen LogP contribution is 2.30. The van der Waals surface area contributed by atoms with E-state index in [4.69, 9.17) is 10.5 Å². The molecule has 2 N–H and O–H groups in total. The number of ether oxygens (including phenoxy) is 1. The maximum atomic E-state index is 13.2. The quantitative estimate of drug-likeness (QED) is 0.618. The highest BCUT2D eigenvalue weighted by Gasteiger charge is 2.29. The Labute approximate surface area is 183 Å². The molecule has 2 heterocycles. The van der Waals surface area contributed by atoms with Gasteiger partial charge in [0.25, 0.3) is 5.91 Å². The molecule has 3 aromatic rings. The van der Waals surface area contributed by atoms with Crippen LogP contribution in [0.4, 0.5) is 0 Å². The summed E-state index contributed by atoms with van der Waals surface area (Å²) in [6.07, 6.45) is 2.73. The molecule has 6 nitrogen and oxygen atoms in total. The Morgan fingerprint density at radius 3 is 2.57 bits per heavy atom. The van der Waals surface area contributed by atoms with Gasteiger partial charge in [0.2, 0.25) is 5.91 Å². The zero-order chi connectivity index (χ0) is 21.4. The van der Waals surface area contributed by atoms with Gasteiger partial charge in [-0.05, 0) is 64.3 Å². The smallest absolute Gasteiger partial charge is 0.256 e. The number of hydrogen-bond donors (Lipinski definition) is 1. The van der Waals surface area contributed by atoms with E-state index in [1.807, 2.05) is 59.0 Å². The van der Waals surface area contributed by atoms with Crippen LogP contribution in [-0.2, 0) is 13.0 Å². The Morgan fingerprint density at radius 1 is 1.20 bits per heavy atom. The maximum absolute atomic E-state index is 13.2. The monoisotopic (exact) mass is 467 g/mol. The van der Waals surface area contributed by atoms with E-state index in [-0.39, 0.29) is 5.91 Å². The minimum absolute atomic E-state index is 0.0381. The lowest BCUT2D eigenvalue weighted by Gasteiger charge is -2.28. The lowest BCUT2D eigenvalue weighted by atomic mass is 10.0. The predicted molar refractivity (Wildman–Crippen MR) is 118 cm³/mol. The molecule has 1 aliphatic rings. The zero-order valence-electron chi connectivity index (χ0n) is 16.8. The minimum atomic E-state index is -0.483. The normalized spacial score (nSPS) is 13.3. The van der Waals surface area contributed by atoms with E-state index in [0.29, 0.717) is 23.1 Å². The first-order valence-corrected chi connectivity index (χ1v) is 10.4. The lowest BCUT2D eigenvalue weighted by molar-refractivity contribution is 0.0725. The van der Waals surface area contributed by atoms with E-state index in [0.717, 1.165) is 40.2 Å². The van der Waals surface area contributed by atoms with E-state index in [1.54, 1.807) is 13.2 Å². The van der Waals surface area contributed by atoms with Crippen molar-refractivity contribution >= 4 is 27.7 Å². The maximum Gasteiger partial charge on any atom is 0.256 e. The van der Waals surface area contributed by atoms with Gasteiger partial charge in [0.15, 0.2) is 0 Å². The molecule has 0 aliphatic carbocycles. The molecule has 154 valence electrons. The van der Waals surface area contributed by atoms with Crippen LogP contribution in [0.15, 0.2) is 53.1 Å². The van der Waals surface area contributed by atoms with Crippen molar-refractivity contribution in [2.45, 2.75) is 19.9 Å². The number of hydrogen-bond acceptors (Lipinski definition) is 3. The molecule has 1 aliphatic heterocycles. The molecule has 0 saturated heterocycles. The highest BCUT2D eigenvalue weighted by atomic mass is 79.9. The molecule has 0 unspecified atom stereocenters. The summed E-state index contributed by atoms with van der Waals surface area (Å²) >= 11 is 3.42. The molecule has 7 heteroatoms. The van der Waals surface area contributed by atoms with Crippen molar-refractivity contribution < 1.29 is 14.3 Å². The van der Waals surface area contributed by atoms with E-state index >= 15 is 0 Å². The first-order chi connectivity index (χ1) is 14.4. The van der Waals surface area contributed by atoms with Crippen LogP contribution < -0.4 is 10.5 Å². The van der Waals surface area contributed by atoms with Crippen molar-refractivity contribution in [3.05, 3.63) is 81.1 Å². The van der Waals surface area contributed by atoms with Crippen molar-refractivity contribution in [2.75, 3.05) is 13.7 Å². The summed E-state index contributed by atoms with van der Waals surface area (Å²) in [5.74, 6) is 0.354. The topological polar surface area (TPSA) is 77.6 Å². The molecule has 2 amide bonds. The SMILES string of the molecule is COc1ccc(CN2CCc3c(c(C)cn3-c3ccc(C(N)=O)c(Br)c3)C2=O)cc1. The second kappa shape index (κ2) is 7.99. The highest BCUT2D eigenvalue weighted by molar-refractivity contribution is 9.10. The van der Waals surface area contributed by atoms with Crippen LogP contribution in [0.2, 0.25) is 0 Å². The van der Waals surface area contributed by atoms with Crippen LogP contribution in [0.25, 0.3) is 5.69 Å². The standard InChI is InChI=1S/C23H22BrN3O3/c1-14-12-27(16-5-8-18(22(25)28)19(24)11-16)20-9-10-26(23(29)21(14)20)13-15-3-6-17(30-2)7-4-15/h3-8,11-12H,9-10,13H2,1-2H3,(H2,25,28). The van der Waals surface area contributed by atoms with Crippen LogP contribution >= 0.6 is 15.9 Å². The van der Waals surface area contributed by atoms with Gasteiger partial charge in [0.1, 0.15) is 5.75 Å². The summed E-state index contributed by atoms with van der Waals surface area (Å²) in [7, 11) is 1.64. The molecular weight excluding hydrogens is 446 g/mol. The van der Waals surface area contributed by atoms with Gasteiger partial charge in [0.05, 0.1) is 18.2 Å². The Bertz CT molecular complexity index is 1140. The van der Waals surface area contributed by atoms with Gasteiger partial charge in [-0.2, -0.15) is 0 Å². The van der Waals surface area contributed by atoms with E-state index in [1.165, 1.54) is 0 Å².